The number of nitrogens with zero attached hydrogens (tertiary/aromatic N) is 5. The summed E-state index contributed by atoms with van der Waals surface area (Å²) < 4.78 is 7.15. The fourth-order valence-electron chi connectivity index (χ4n) is 1.91. The molecule has 0 saturated carbocycles. The molecule has 1 saturated heterocycles. The minimum absolute atomic E-state index is 0.277. The van der Waals surface area contributed by atoms with Crippen LogP contribution in [0.4, 0.5) is 5.95 Å². The van der Waals surface area contributed by atoms with Gasteiger partial charge in [0.05, 0.1) is 6.10 Å². The highest BCUT2D eigenvalue weighted by molar-refractivity contribution is 7.99. The molecule has 0 radical (unpaired) electrons. The first-order valence-corrected chi connectivity index (χ1v) is 7.31. The van der Waals surface area contributed by atoms with Gasteiger partial charge in [0.25, 0.3) is 5.95 Å². The quantitative estimate of drug-likeness (QED) is 0.469. The molecule has 106 valence electrons. The third-order valence-electron chi connectivity index (χ3n) is 2.86. The lowest BCUT2D eigenvalue weighted by atomic mass is 10.3. The number of rotatable bonds is 5. The van der Waals surface area contributed by atoms with Crippen molar-refractivity contribution in [3.8, 4) is 5.95 Å². The zero-order chi connectivity index (χ0) is 13.8. The van der Waals surface area contributed by atoms with Crippen LogP contribution in [0, 0.1) is 0 Å². The highest BCUT2D eigenvalue weighted by Gasteiger charge is 2.17. The van der Waals surface area contributed by atoms with Crippen molar-refractivity contribution in [1.29, 1.82) is 0 Å². The summed E-state index contributed by atoms with van der Waals surface area (Å²) in [5.74, 6) is 6.98. The molecule has 1 atom stereocenters. The summed E-state index contributed by atoms with van der Waals surface area (Å²) in [5.41, 5.74) is 2.45. The normalized spacial score (nSPS) is 18.4. The molecule has 1 fully saturated rings. The van der Waals surface area contributed by atoms with Gasteiger partial charge in [-0.25, -0.2) is 10.5 Å². The van der Waals surface area contributed by atoms with Crippen LogP contribution in [0.15, 0.2) is 23.6 Å². The van der Waals surface area contributed by atoms with Crippen LogP contribution in [-0.2, 0) is 4.74 Å². The lowest BCUT2D eigenvalue weighted by molar-refractivity contribution is 0.129. The molecule has 9 heteroatoms. The van der Waals surface area contributed by atoms with E-state index in [0.29, 0.717) is 17.1 Å². The van der Waals surface area contributed by atoms with Crippen LogP contribution in [0.5, 0.6) is 0 Å². The summed E-state index contributed by atoms with van der Waals surface area (Å²) in [6, 6.07) is 1.80. The minimum atomic E-state index is 0.277. The second-order valence-corrected chi connectivity index (χ2v) is 5.27. The van der Waals surface area contributed by atoms with Crippen LogP contribution in [-0.4, -0.2) is 43.2 Å². The molecule has 2 aromatic heterocycles. The Labute approximate surface area is 120 Å². The maximum atomic E-state index is 5.58. The first-order chi connectivity index (χ1) is 9.85. The zero-order valence-electron chi connectivity index (χ0n) is 10.8. The van der Waals surface area contributed by atoms with Gasteiger partial charge in [-0.1, -0.05) is 11.8 Å². The Morgan fingerprint density at radius 2 is 2.40 bits per heavy atom. The van der Waals surface area contributed by atoms with Gasteiger partial charge in [0.2, 0.25) is 5.95 Å². The Balaban J connectivity index is 1.77. The number of hydrogen-bond acceptors (Lipinski definition) is 8. The van der Waals surface area contributed by atoms with Crippen molar-refractivity contribution in [2.45, 2.75) is 24.1 Å². The standard InChI is InChI=1S/C11H15N7OS/c12-17-9-14-10(18-5-2-4-13-18)16-11(15-9)20-7-8-3-1-6-19-8/h2,4-5,8H,1,3,6-7,12H2,(H,14,15,16,17). The van der Waals surface area contributed by atoms with Crippen molar-refractivity contribution in [2.75, 3.05) is 17.8 Å². The van der Waals surface area contributed by atoms with Gasteiger partial charge < -0.3 is 4.74 Å². The Morgan fingerprint density at radius 1 is 1.45 bits per heavy atom. The second-order valence-electron chi connectivity index (χ2n) is 4.28. The fraction of sp³-hybridized carbons (Fsp3) is 0.455. The molecule has 2 aromatic rings. The molecule has 0 aliphatic carbocycles. The van der Waals surface area contributed by atoms with Gasteiger partial charge in [-0.2, -0.15) is 20.1 Å². The minimum Gasteiger partial charge on any atom is -0.377 e. The van der Waals surface area contributed by atoms with E-state index in [0.717, 1.165) is 25.2 Å². The summed E-state index contributed by atoms with van der Waals surface area (Å²) in [5, 5.41) is 4.71. The molecule has 3 heterocycles. The number of anilines is 1. The number of aromatic nitrogens is 5. The Bertz CT molecular complexity index is 556. The molecular weight excluding hydrogens is 278 g/mol. The van der Waals surface area contributed by atoms with Gasteiger partial charge in [-0.15, -0.1) is 0 Å². The molecule has 0 amide bonds. The number of nitrogens with one attached hydrogen (secondary N) is 1. The average molecular weight is 293 g/mol. The third-order valence-corrected chi connectivity index (χ3v) is 3.84. The first kappa shape index (κ1) is 13.3. The second kappa shape index (κ2) is 6.16. The first-order valence-electron chi connectivity index (χ1n) is 6.32. The lowest BCUT2D eigenvalue weighted by Crippen LogP contribution is -2.15. The fourth-order valence-corrected chi connectivity index (χ4v) is 2.80. The maximum Gasteiger partial charge on any atom is 0.256 e. The third kappa shape index (κ3) is 3.06. The molecule has 20 heavy (non-hydrogen) atoms. The van der Waals surface area contributed by atoms with Crippen LogP contribution < -0.4 is 11.3 Å². The highest BCUT2D eigenvalue weighted by atomic mass is 32.2. The van der Waals surface area contributed by atoms with Crippen molar-refractivity contribution >= 4 is 17.7 Å². The Morgan fingerprint density at radius 3 is 3.10 bits per heavy atom. The van der Waals surface area contributed by atoms with Crippen LogP contribution in [0.25, 0.3) is 5.95 Å². The topological polar surface area (TPSA) is 104 Å². The summed E-state index contributed by atoms with van der Waals surface area (Å²) in [6.07, 6.45) is 5.92. The molecular formula is C11H15N7OS. The molecule has 8 nitrogen and oxygen atoms in total. The number of nitrogen functional groups attached to an aromatic ring is 1. The van der Waals surface area contributed by atoms with Crippen molar-refractivity contribution in [2.24, 2.45) is 5.84 Å². The smallest absolute Gasteiger partial charge is 0.256 e. The predicted molar refractivity (Wildman–Crippen MR) is 74.5 cm³/mol. The van der Waals surface area contributed by atoms with E-state index >= 15 is 0 Å². The summed E-state index contributed by atoms with van der Waals surface area (Å²) in [6.45, 7) is 0.844. The van der Waals surface area contributed by atoms with Gasteiger partial charge in [0.15, 0.2) is 5.16 Å². The summed E-state index contributed by atoms with van der Waals surface area (Å²) in [7, 11) is 0. The van der Waals surface area contributed by atoms with Crippen LogP contribution >= 0.6 is 11.8 Å². The Kier molecular flexibility index (Phi) is 4.09. The molecule has 0 aromatic carbocycles. The average Bonchev–Trinajstić information content (AvgIpc) is 3.17. The van der Waals surface area contributed by atoms with E-state index in [2.05, 4.69) is 25.5 Å². The van der Waals surface area contributed by atoms with E-state index in [4.69, 9.17) is 10.6 Å². The molecule has 0 bridgehead atoms. The van der Waals surface area contributed by atoms with Crippen molar-refractivity contribution < 1.29 is 4.74 Å². The van der Waals surface area contributed by atoms with E-state index in [1.165, 1.54) is 11.8 Å². The lowest BCUT2D eigenvalue weighted by Gasteiger charge is -2.09. The van der Waals surface area contributed by atoms with Crippen molar-refractivity contribution in [3.63, 3.8) is 0 Å². The zero-order valence-corrected chi connectivity index (χ0v) is 11.6. The van der Waals surface area contributed by atoms with Gasteiger partial charge in [-0.05, 0) is 18.9 Å². The molecule has 3 rings (SSSR count). The maximum absolute atomic E-state index is 5.58. The van der Waals surface area contributed by atoms with Gasteiger partial charge in [0, 0.05) is 24.8 Å². The number of ether oxygens (including phenoxy) is 1. The number of hydrazine groups is 1. The Hall–Kier alpha value is -1.71. The molecule has 0 spiro atoms. The number of thioether (sulfide) groups is 1. The van der Waals surface area contributed by atoms with Crippen LogP contribution in [0.3, 0.4) is 0 Å². The van der Waals surface area contributed by atoms with E-state index in [1.54, 1.807) is 23.1 Å². The van der Waals surface area contributed by atoms with Crippen LogP contribution in [0.1, 0.15) is 12.8 Å². The monoisotopic (exact) mass is 293 g/mol. The highest BCUT2D eigenvalue weighted by Crippen LogP contribution is 2.22. The van der Waals surface area contributed by atoms with Gasteiger partial charge in [0.1, 0.15) is 0 Å². The largest absolute Gasteiger partial charge is 0.377 e. The summed E-state index contributed by atoms with van der Waals surface area (Å²) >= 11 is 1.53. The predicted octanol–water partition coefficient (Wildman–Crippen LogP) is 0.614. The molecule has 3 N–H and O–H groups in total. The SMILES string of the molecule is NNc1nc(SCC2CCCO2)nc(-n2cccn2)n1. The van der Waals surface area contributed by atoms with Crippen molar-refractivity contribution in [1.82, 2.24) is 24.7 Å². The molecule has 1 unspecified atom stereocenters. The van der Waals surface area contributed by atoms with E-state index < -0.39 is 0 Å². The summed E-state index contributed by atoms with van der Waals surface area (Å²) in [4.78, 5) is 12.8. The van der Waals surface area contributed by atoms with E-state index in [-0.39, 0.29) is 6.10 Å². The number of hydrogen-bond donors (Lipinski definition) is 2. The number of nitrogens with two attached hydrogens (primary N) is 1. The van der Waals surface area contributed by atoms with Crippen LogP contribution in [0.2, 0.25) is 0 Å². The van der Waals surface area contributed by atoms with Gasteiger partial charge in [-0.3, -0.25) is 5.43 Å². The van der Waals surface area contributed by atoms with Crippen molar-refractivity contribution in [3.05, 3.63) is 18.5 Å². The van der Waals surface area contributed by atoms with E-state index in [1.807, 2.05) is 0 Å². The van der Waals surface area contributed by atoms with Gasteiger partial charge >= 0.3 is 0 Å². The van der Waals surface area contributed by atoms with E-state index in [9.17, 15) is 0 Å². The molecule has 1 aliphatic rings. The molecule has 1 aliphatic heterocycles.